The van der Waals surface area contributed by atoms with Crippen molar-refractivity contribution in [1.29, 1.82) is 0 Å². The third-order valence-electron chi connectivity index (χ3n) is 3.14. The van der Waals surface area contributed by atoms with Crippen LogP contribution in [0.1, 0.15) is 20.8 Å². The van der Waals surface area contributed by atoms with E-state index in [1.54, 1.807) is 69.3 Å². The van der Waals surface area contributed by atoms with E-state index >= 15 is 0 Å². The van der Waals surface area contributed by atoms with E-state index in [4.69, 9.17) is 9.26 Å². The molecular formula is C18H22NO4P. The highest BCUT2D eigenvalue weighted by atomic mass is 31.2. The zero-order valence-corrected chi connectivity index (χ0v) is 14.9. The first-order valence-electron chi connectivity index (χ1n) is 7.79. The van der Waals surface area contributed by atoms with Crippen LogP contribution in [0.5, 0.6) is 5.75 Å². The van der Waals surface area contributed by atoms with Crippen molar-refractivity contribution in [1.82, 2.24) is 5.09 Å². The molecular weight excluding hydrogens is 325 g/mol. The summed E-state index contributed by atoms with van der Waals surface area (Å²) in [4.78, 5) is 12.1. The Labute approximate surface area is 142 Å². The standard InChI is InChI=1S/C18H22NO4P/c1-14(2)22-18(20)15(3)19-24(21,17-12-8-5-9-13-17)23-16-10-6-4-7-11-16/h4-15H,1-3H3,(H,19,21)/t15-,24?/m0/s1. The van der Waals surface area contributed by atoms with Crippen molar-refractivity contribution in [3.05, 3.63) is 60.7 Å². The molecule has 1 N–H and O–H groups in total. The maximum atomic E-state index is 13.4. The van der Waals surface area contributed by atoms with Gasteiger partial charge in [-0.3, -0.25) is 9.36 Å². The van der Waals surface area contributed by atoms with Crippen LogP contribution in [0.4, 0.5) is 0 Å². The van der Waals surface area contributed by atoms with Crippen LogP contribution in [0.15, 0.2) is 60.7 Å². The molecule has 2 rings (SSSR count). The lowest BCUT2D eigenvalue weighted by molar-refractivity contribution is -0.149. The first-order valence-corrected chi connectivity index (χ1v) is 9.42. The molecule has 6 heteroatoms. The van der Waals surface area contributed by atoms with E-state index in [1.807, 2.05) is 12.1 Å². The minimum absolute atomic E-state index is 0.243. The van der Waals surface area contributed by atoms with Crippen molar-refractivity contribution < 1.29 is 18.6 Å². The molecule has 0 bridgehead atoms. The van der Waals surface area contributed by atoms with Crippen molar-refractivity contribution >= 4 is 18.8 Å². The lowest BCUT2D eigenvalue weighted by atomic mass is 10.3. The van der Waals surface area contributed by atoms with Crippen molar-refractivity contribution in [3.8, 4) is 5.75 Å². The number of benzene rings is 2. The van der Waals surface area contributed by atoms with Crippen molar-refractivity contribution in [3.63, 3.8) is 0 Å². The molecule has 0 aromatic heterocycles. The maximum absolute atomic E-state index is 13.4. The first kappa shape index (κ1) is 18.2. The number of rotatable bonds is 7. The molecule has 24 heavy (non-hydrogen) atoms. The lowest BCUT2D eigenvalue weighted by Crippen LogP contribution is -2.38. The number of hydrogen-bond donors (Lipinski definition) is 1. The lowest BCUT2D eigenvalue weighted by Gasteiger charge is -2.24. The van der Waals surface area contributed by atoms with Crippen LogP contribution >= 0.6 is 7.52 Å². The summed E-state index contributed by atoms with van der Waals surface area (Å²) in [6, 6.07) is 16.9. The summed E-state index contributed by atoms with van der Waals surface area (Å²) >= 11 is 0. The number of carbonyl (C=O) groups is 1. The van der Waals surface area contributed by atoms with E-state index in [0.29, 0.717) is 11.1 Å². The Morgan fingerprint density at radius 1 is 0.958 bits per heavy atom. The van der Waals surface area contributed by atoms with E-state index in [0.717, 1.165) is 0 Å². The largest absolute Gasteiger partial charge is 0.462 e. The van der Waals surface area contributed by atoms with Gasteiger partial charge in [-0.15, -0.1) is 0 Å². The van der Waals surface area contributed by atoms with E-state index in [9.17, 15) is 9.36 Å². The Hall–Kier alpha value is -2.10. The van der Waals surface area contributed by atoms with Gasteiger partial charge < -0.3 is 9.26 Å². The van der Waals surface area contributed by atoms with Gasteiger partial charge >= 0.3 is 13.5 Å². The number of ether oxygens (including phenoxy) is 1. The smallest absolute Gasteiger partial charge is 0.347 e. The predicted octanol–water partition coefficient (Wildman–Crippen LogP) is 3.51. The van der Waals surface area contributed by atoms with Gasteiger partial charge in [0, 0.05) is 0 Å². The molecule has 0 saturated heterocycles. The van der Waals surface area contributed by atoms with Crippen LogP contribution in [-0.4, -0.2) is 18.1 Å². The van der Waals surface area contributed by atoms with Crippen LogP contribution in [0.2, 0.25) is 0 Å². The first-order chi connectivity index (χ1) is 11.4. The van der Waals surface area contributed by atoms with Crippen molar-refractivity contribution in [2.45, 2.75) is 32.9 Å². The molecule has 0 radical (unpaired) electrons. The Bertz CT molecular complexity index is 703. The molecule has 1 unspecified atom stereocenters. The quantitative estimate of drug-likeness (QED) is 0.613. The molecule has 0 aliphatic rings. The molecule has 2 aromatic carbocycles. The molecule has 128 valence electrons. The number of nitrogens with one attached hydrogen (secondary N) is 1. The minimum atomic E-state index is -3.50. The van der Waals surface area contributed by atoms with E-state index in [2.05, 4.69) is 5.09 Å². The fourth-order valence-electron chi connectivity index (χ4n) is 2.05. The Kier molecular flexibility index (Phi) is 6.18. The third-order valence-corrected chi connectivity index (χ3v) is 5.32. The Morgan fingerprint density at radius 3 is 2.04 bits per heavy atom. The minimum Gasteiger partial charge on any atom is -0.462 e. The number of carbonyl (C=O) groups excluding carboxylic acids is 1. The van der Waals surface area contributed by atoms with Crippen molar-refractivity contribution in [2.75, 3.05) is 0 Å². The summed E-state index contributed by atoms with van der Waals surface area (Å²) in [7, 11) is -3.50. The fourth-order valence-corrected chi connectivity index (χ4v) is 3.96. The second-order valence-corrected chi connectivity index (χ2v) is 7.69. The Morgan fingerprint density at radius 2 is 1.50 bits per heavy atom. The average molecular weight is 347 g/mol. The molecule has 5 nitrogen and oxygen atoms in total. The Balaban J connectivity index is 2.26. The van der Waals surface area contributed by atoms with E-state index in [-0.39, 0.29) is 6.10 Å². The van der Waals surface area contributed by atoms with Gasteiger partial charge in [0.15, 0.2) is 0 Å². The topological polar surface area (TPSA) is 64.6 Å². The number of esters is 1. The summed E-state index contributed by atoms with van der Waals surface area (Å²) in [5, 5.41) is 3.31. The van der Waals surface area contributed by atoms with Crippen molar-refractivity contribution in [2.24, 2.45) is 0 Å². The van der Waals surface area contributed by atoms with Gasteiger partial charge in [0.1, 0.15) is 11.8 Å². The van der Waals surface area contributed by atoms with Gasteiger partial charge in [0.2, 0.25) is 0 Å². The second kappa shape index (κ2) is 8.13. The molecule has 0 heterocycles. The third kappa shape index (κ3) is 4.95. The summed E-state index contributed by atoms with van der Waals surface area (Å²) < 4.78 is 24.4. The van der Waals surface area contributed by atoms with Gasteiger partial charge in [-0.05, 0) is 45.0 Å². The van der Waals surface area contributed by atoms with Crippen LogP contribution in [0, 0.1) is 0 Å². The zero-order chi connectivity index (χ0) is 17.6. The summed E-state index contributed by atoms with van der Waals surface area (Å²) in [5.74, 6) is -0.0144. The molecule has 0 aliphatic heterocycles. The average Bonchev–Trinajstić information content (AvgIpc) is 2.56. The molecule has 0 aliphatic carbocycles. The van der Waals surface area contributed by atoms with E-state index in [1.165, 1.54) is 0 Å². The maximum Gasteiger partial charge on any atom is 0.347 e. The molecule has 0 saturated carbocycles. The van der Waals surface area contributed by atoms with Gasteiger partial charge in [-0.2, -0.15) is 0 Å². The van der Waals surface area contributed by atoms with E-state index < -0.39 is 19.5 Å². The molecule has 0 fully saturated rings. The summed E-state index contributed by atoms with van der Waals surface area (Å²) in [5.41, 5.74) is 0. The molecule has 2 aromatic rings. The zero-order valence-electron chi connectivity index (χ0n) is 14.0. The molecule has 2 atom stereocenters. The fraction of sp³-hybridized carbons (Fsp3) is 0.278. The number of para-hydroxylation sites is 1. The second-order valence-electron chi connectivity index (χ2n) is 5.63. The number of hydrogen-bond acceptors (Lipinski definition) is 4. The SMILES string of the molecule is CC(C)OC(=O)[C@H](C)NP(=O)(Oc1ccccc1)c1ccccc1. The highest BCUT2D eigenvalue weighted by molar-refractivity contribution is 7.65. The highest BCUT2D eigenvalue weighted by Crippen LogP contribution is 2.42. The van der Waals surface area contributed by atoms with Crippen LogP contribution in [0.3, 0.4) is 0 Å². The summed E-state index contributed by atoms with van der Waals surface area (Å²) in [6.45, 7) is 5.14. The van der Waals surface area contributed by atoms with Crippen LogP contribution in [0.25, 0.3) is 0 Å². The molecule has 0 spiro atoms. The van der Waals surface area contributed by atoms with Crippen LogP contribution < -0.4 is 14.9 Å². The highest BCUT2D eigenvalue weighted by Gasteiger charge is 2.32. The van der Waals surface area contributed by atoms with Gasteiger partial charge in [-0.1, -0.05) is 36.4 Å². The monoisotopic (exact) mass is 347 g/mol. The molecule has 0 amide bonds. The van der Waals surface area contributed by atoms with Gasteiger partial charge in [0.05, 0.1) is 11.4 Å². The summed E-state index contributed by atoms with van der Waals surface area (Å²) in [6.07, 6.45) is -0.243. The van der Waals surface area contributed by atoms with Gasteiger partial charge in [-0.25, -0.2) is 5.09 Å². The van der Waals surface area contributed by atoms with Gasteiger partial charge in [0.25, 0.3) is 0 Å². The van der Waals surface area contributed by atoms with Crippen LogP contribution in [-0.2, 0) is 14.1 Å². The predicted molar refractivity (Wildman–Crippen MR) is 94.6 cm³/mol. The normalized spacial score (nSPS) is 14.7.